The smallest absolute Gasteiger partial charge is 0.465 e. The number of hydrogen-bond donors (Lipinski definition) is 2. The molecule has 0 aromatic heterocycles. The van der Waals surface area contributed by atoms with E-state index in [9.17, 15) is 4.39 Å². The molecule has 0 heterocycles. The second-order valence-electron chi connectivity index (χ2n) is 2.73. The first-order valence-corrected chi connectivity index (χ1v) is 4.41. The lowest BCUT2D eigenvalue weighted by Gasteiger charge is -2.11. The Hall–Kier alpha value is -0.815. The Labute approximate surface area is 91.3 Å². The van der Waals surface area contributed by atoms with Crippen molar-refractivity contribution in [2.45, 2.75) is 0 Å². The zero-order valence-corrected chi connectivity index (χ0v) is 8.66. The van der Waals surface area contributed by atoms with Gasteiger partial charge in [0, 0.05) is 17.6 Å². The molecule has 2 N–H and O–H groups in total. The molecule has 1 aromatic rings. The molecule has 0 saturated heterocycles. The number of ether oxygens (including phenoxy) is 2. The van der Waals surface area contributed by atoms with Crippen molar-refractivity contribution >= 4 is 24.2 Å². The molecule has 0 bridgehead atoms. The van der Waals surface area contributed by atoms with E-state index in [0.29, 0.717) is 0 Å². The highest BCUT2D eigenvalue weighted by Crippen LogP contribution is 2.19. The zero-order valence-electron chi connectivity index (χ0n) is 7.91. The van der Waals surface area contributed by atoms with Gasteiger partial charge in [-0.2, -0.15) is 0 Å². The number of methoxy groups -OCH3 is 1. The molecule has 0 unspecified atom stereocenters. The predicted octanol–water partition coefficient (Wildman–Crippen LogP) is 0.142. The Morgan fingerprint density at radius 3 is 2.67 bits per heavy atom. The summed E-state index contributed by atoms with van der Waals surface area (Å²) in [6.45, 7) is -0.196. The van der Waals surface area contributed by atoms with Gasteiger partial charge in [-0.15, -0.1) is 0 Å². The van der Waals surface area contributed by atoms with E-state index in [2.05, 4.69) is 4.74 Å². The molecule has 0 amide bonds. The van der Waals surface area contributed by atoms with Gasteiger partial charge in [0.1, 0.15) is 0 Å². The van der Waals surface area contributed by atoms with Crippen molar-refractivity contribution in [1.82, 2.24) is 0 Å². The Bertz CT molecular complexity index is 348. The van der Waals surface area contributed by atoms with Gasteiger partial charge in [-0.3, -0.25) is 0 Å². The maximum Gasteiger partial charge on any atom is 0.492 e. The van der Waals surface area contributed by atoms with Gasteiger partial charge in [0.15, 0.2) is 18.4 Å². The van der Waals surface area contributed by atoms with Gasteiger partial charge in [0.25, 0.3) is 0 Å². The molecule has 82 valence electrons. The van der Waals surface area contributed by atoms with E-state index in [1.165, 1.54) is 13.2 Å². The molecule has 0 fully saturated rings. The third-order valence-corrected chi connectivity index (χ3v) is 1.85. The largest absolute Gasteiger partial charge is 0.492 e. The monoisotopic (exact) mass is 234 g/mol. The van der Waals surface area contributed by atoms with Crippen molar-refractivity contribution < 1.29 is 23.9 Å². The lowest BCUT2D eigenvalue weighted by molar-refractivity contribution is 0.0489. The average molecular weight is 234 g/mol. The van der Waals surface area contributed by atoms with Crippen LogP contribution in [-0.2, 0) is 4.74 Å². The summed E-state index contributed by atoms with van der Waals surface area (Å²) in [5.74, 6) is -1.06. The van der Waals surface area contributed by atoms with Gasteiger partial charge < -0.3 is 19.5 Å². The van der Waals surface area contributed by atoms with Crippen molar-refractivity contribution in [1.29, 1.82) is 0 Å². The average Bonchev–Trinajstić information content (AvgIpc) is 2.15. The summed E-state index contributed by atoms with van der Waals surface area (Å²) in [6, 6.07) is 2.22. The summed E-state index contributed by atoms with van der Waals surface area (Å²) in [5.41, 5.74) is -0.142. The molecule has 4 nitrogen and oxygen atoms in total. The second kappa shape index (κ2) is 5.32. The zero-order chi connectivity index (χ0) is 11.4. The minimum atomic E-state index is -1.86. The molecule has 0 atom stereocenters. The molecule has 1 rings (SSSR count). The van der Waals surface area contributed by atoms with Crippen LogP contribution in [0.3, 0.4) is 0 Å². The molecule has 7 heteroatoms. The van der Waals surface area contributed by atoms with Crippen molar-refractivity contribution in [2.75, 3.05) is 13.9 Å². The van der Waals surface area contributed by atoms with Crippen LogP contribution in [0.4, 0.5) is 4.39 Å². The number of benzene rings is 1. The first-order chi connectivity index (χ1) is 7.06. The van der Waals surface area contributed by atoms with Gasteiger partial charge in [-0.25, -0.2) is 4.39 Å². The van der Waals surface area contributed by atoms with E-state index in [4.69, 9.17) is 26.4 Å². The lowest BCUT2D eigenvalue weighted by atomic mass is 9.79. The van der Waals surface area contributed by atoms with Crippen LogP contribution < -0.4 is 10.2 Å². The van der Waals surface area contributed by atoms with Crippen molar-refractivity contribution in [3.05, 3.63) is 23.0 Å². The fourth-order valence-corrected chi connectivity index (χ4v) is 1.26. The molecule has 0 radical (unpaired) electrons. The fraction of sp³-hybridized carbons (Fsp3) is 0.250. The molecule has 0 spiro atoms. The minimum Gasteiger partial charge on any atom is -0.465 e. The fourth-order valence-electron chi connectivity index (χ4n) is 1.04. The Kier molecular flexibility index (Phi) is 4.35. The molecular formula is C8H9BClFO4. The highest BCUT2D eigenvalue weighted by Gasteiger charge is 2.21. The maximum absolute atomic E-state index is 13.3. The quantitative estimate of drug-likeness (QED) is 0.575. The van der Waals surface area contributed by atoms with Gasteiger partial charge in [-0.1, -0.05) is 11.6 Å². The van der Waals surface area contributed by atoms with Crippen LogP contribution in [0, 0.1) is 5.82 Å². The SMILES string of the molecule is COCOc1c(F)cc(Cl)cc1B(O)O. The summed E-state index contributed by atoms with van der Waals surface area (Å²) in [7, 11) is -0.492. The summed E-state index contributed by atoms with van der Waals surface area (Å²) < 4.78 is 22.7. The molecule has 15 heavy (non-hydrogen) atoms. The van der Waals surface area contributed by atoms with Crippen LogP contribution in [-0.4, -0.2) is 31.1 Å². The number of hydrogen-bond acceptors (Lipinski definition) is 4. The van der Waals surface area contributed by atoms with E-state index >= 15 is 0 Å². The second-order valence-corrected chi connectivity index (χ2v) is 3.17. The Morgan fingerprint density at radius 1 is 1.47 bits per heavy atom. The van der Waals surface area contributed by atoms with E-state index in [-0.39, 0.29) is 23.0 Å². The molecule has 1 aromatic carbocycles. The number of rotatable bonds is 4. The van der Waals surface area contributed by atoms with Crippen LogP contribution in [0.15, 0.2) is 12.1 Å². The van der Waals surface area contributed by atoms with Crippen LogP contribution in [0.5, 0.6) is 5.75 Å². The molecule has 0 saturated carbocycles. The highest BCUT2D eigenvalue weighted by molar-refractivity contribution is 6.60. The van der Waals surface area contributed by atoms with Crippen LogP contribution in [0.25, 0.3) is 0 Å². The standard InChI is InChI=1S/C8H9BClFO4/c1-14-4-15-8-6(9(12)13)2-5(10)3-7(8)11/h2-3,12-13H,4H2,1H3. The Balaban J connectivity index is 3.09. The van der Waals surface area contributed by atoms with Gasteiger partial charge >= 0.3 is 7.12 Å². The highest BCUT2D eigenvalue weighted by atomic mass is 35.5. The van der Waals surface area contributed by atoms with E-state index in [1.54, 1.807) is 0 Å². The summed E-state index contributed by atoms with van der Waals surface area (Å²) in [6.07, 6.45) is 0. The van der Waals surface area contributed by atoms with Crippen molar-refractivity contribution in [2.24, 2.45) is 0 Å². The van der Waals surface area contributed by atoms with Crippen LogP contribution in [0.1, 0.15) is 0 Å². The normalized spacial score (nSPS) is 10.2. The van der Waals surface area contributed by atoms with E-state index < -0.39 is 12.9 Å². The number of halogens is 2. The van der Waals surface area contributed by atoms with Crippen molar-refractivity contribution in [3.8, 4) is 5.75 Å². The van der Waals surface area contributed by atoms with Crippen LogP contribution >= 0.6 is 11.6 Å². The first kappa shape index (κ1) is 12.3. The predicted molar refractivity (Wildman–Crippen MR) is 53.7 cm³/mol. The maximum atomic E-state index is 13.3. The molecular weight excluding hydrogens is 225 g/mol. The van der Waals surface area contributed by atoms with Crippen LogP contribution in [0.2, 0.25) is 5.02 Å². The summed E-state index contributed by atoms with van der Waals surface area (Å²) >= 11 is 5.55. The summed E-state index contributed by atoms with van der Waals surface area (Å²) in [5, 5.41) is 18.0. The molecule has 0 aliphatic rings. The van der Waals surface area contributed by atoms with E-state index in [1.807, 2.05) is 0 Å². The van der Waals surface area contributed by atoms with Crippen molar-refractivity contribution in [3.63, 3.8) is 0 Å². The molecule has 0 aliphatic heterocycles. The van der Waals surface area contributed by atoms with E-state index in [0.717, 1.165) is 6.07 Å². The van der Waals surface area contributed by atoms with Gasteiger partial charge in [0.2, 0.25) is 0 Å². The third kappa shape index (κ3) is 3.07. The van der Waals surface area contributed by atoms with Gasteiger partial charge in [-0.05, 0) is 12.1 Å². The lowest BCUT2D eigenvalue weighted by Crippen LogP contribution is -2.32. The Morgan fingerprint density at radius 2 is 2.13 bits per heavy atom. The summed E-state index contributed by atoms with van der Waals surface area (Å²) in [4.78, 5) is 0. The topological polar surface area (TPSA) is 58.9 Å². The first-order valence-electron chi connectivity index (χ1n) is 4.03. The third-order valence-electron chi connectivity index (χ3n) is 1.64. The molecule has 0 aliphatic carbocycles. The minimum absolute atomic E-state index is 0.0559. The van der Waals surface area contributed by atoms with Gasteiger partial charge in [0.05, 0.1) is 0 Å².